The van der Waals surface area contributed by atoms with Crippen LogP contribution in [0.3, 0.4) is 0 Å². The van der Waals surface area contributed by atoms with Gasteiger partial charge in [0.15, 0.2) is 5.13 Å². The predicted octanol–water partition coefficient (Wildman–Crippen LogP) is 6.34. The van der Waals surface area contributed by atoms with E-state index in [2.05, 4.69) is 11.9 Å². The molecule has 1 aromatic heterocycles. The van der Waals surface area contributed by atoms with E-state index in [0.717, 1.165) is 27.7 Å². The van der Waals surface area contributed by atoms with E-state index in [1.807, 2.05) is 53.9 Å². The van der Waals surface area contributed by atoms with Crippen molar-refractivity contribution in [2.45, 2.75) is 30.9 Å². The number of hydrogen-bond donors (Lipinski definition) is 0. The van der Waals surface area contributed by atoms with Gasteiger partial charge >= 0.3 is 0 Å². The summed E-state index contributed by atoms with van der Waals surface area (Å²) in [5, 5.41) is 3.43. The van der Waals surface area contributed by atoms with Gasteiger partial charge < -0.3 is 0 Å². The van der Waals surface area contributed by atoms with E-state index in [9.17, 15) is 4.79 Å². The summed E-state index contributed by atoms with van der Waals surface area (Å²) in [6.07, 6.45) is 0.973. The van der Waals surface area contributed by atoms with Gasteiger partial charge in [-0.2, -0.15) is 0 Å². The molecule has 0 aliphatic carbocycles. The topological polar surface area (TPSA) is 33.2 Å². The molecule has 0 atom stereocenters. The predicted molar refractivity (Wildman–Crippen MR) is 112 cm³/mol. The molecule has 0 spiro atoms. The maximum Gasteiger partial charge on any atom is 0.230 e. The van der Waals surface area contributed by atoms with E-state index < -0.39 is 0 Å². The van der Waals surface area contributed by atoms with Gasteiger partial charge in [-0.15, -0.1) is 23.1 Å². The summed E-state index contributed by atoms with van der Waals surface area (Å²) in [7, 11) is 0. The van der Waals surface area contributed by atoms with Crippen LogP contribution in [0, 0.1) is 0 Å². The first-order valence-electron chi connectivity index (χ1n) is 8.30. The average molecular weight is 403 g/mol. The fourth-order valence-electron chi connectivity index (χ4n) is 2.49. The van der Waals surface area contributed by atoms with Crippen LogP contribution < -0.4 is 4.90 Å². The zero-order chi connectivity index (χ0) is 18.5. The lowest BCUT2D eigenvalue weighted by Gasteiger charge is -2.18. The smallest absolute Gasteiger partial charge is 0.230 e. The van der Waals surface area contributed by atoms with Crippen LogP contribution >= 0.6 is 34.7 Å². The summed E-state index contributed by atoms with van der Waals surface area (Å²) in [6.45, 7) is 3.68. The number of thiazole rings is 1. The van der Waals surface area contributed by atoms with Gasteiger partial charge in [0.2, 0.25) is 5.91 Å². The molecule has 6 heteroatoms. The number of anilines is 2. The highest BCUT2D eigenvalue weighted by molar-refractivity contribution is 7.98. The molecule has 0 aliphatic heterocycles. The van der Waals surface area contributed by atoms with E-state index >= 15 is 0 Å². The molecule has 0 bridgehead atoms. The van der Waals surface area contributed by atoms with Crippen LogP contribution in [0.15, 0.2) is 58.8 Å². The number of aromatic nitrogens is 1. The van der Waals surface area contributed by atoms with Crippen LogP contribution in [0.2, 0.25) is 5.02 Å². The molecule has 3 nitrogen and oxygen atoms in total. The Balaban J connectivity index is 1.77. The molecule has 1 amide bonds. The highest BCUT2D eigenvalue weighted by Gasteiger charge is 2.18. The second kappa shape index (κ2) is 8.71. The number of hydrogen-bond acceptors (Lipinski definition) is 4. The lowest BCUT2D eigenvalue weighted by Crippen LogP contribution is -2.22. The Labute approximate surface area is 167 Å². The van der Waals surface area contributed by atoms with E-state index in [1.54, 1.807) is 23.6 Å². The molecule has 0 N–H and O–H groups in total. The standard InChI is InChI=1S/C20H19ClN2OS2/c1-3-15-8-10-17(11-9-15)23(14(2)24)20-22-16(13-26-20)12-25-19-7-5-4-6-18(19)21/h4-11,13H,3,12H2,1-2H3. The molecule has 0 fully saturated rings. The van der Waals surface area contributed by atoms with Crippen LogP contribution in [0.25, 0.3) is 0 Å². The van der Waals surface area contributed by atoms with E-state index in [-0.39, 0.29) is 5.91 Å². The molecule has 2 aromatic carbocycles. The Kier molecular flexibility index (Phi) is 6.35. The first-order chi connectivity index (χ1) is 12.6. The number of halogens is 1. The highest BCUT2D eigenvalue weighted by Crippen LogP contribution is 2.33. The van der Waals surface area contributed by atoms with Gasteiger partial charge in [-0.05, 0) is 36.2 Å². The summed E-state index contributed by atoms with van der Waals surface area (Å²) in [4.78, 5) is 19.5. The first kappa shape index (κ1) is 19.0. The first-order valence-corrected chi connectivity index (χ1v) is 10.5. The number of benzene rings is 2. The van der Waals surface area contributed by atoms with Crippen molar-refractivity contribution in [2.24, 2.45) is 0 Å². The molecule has 3 aromatic rings. The van der Waals surface area contributed by atoms with Crippen molar-refractivity contribution in [1.82, 2.24) is 4.98 Å². The molecule has 0 saturated carbocycles. The van der Waals surface area contributed by atoms with Gasteiger partial charge in [0.1, 0.15) is 0 Å². The third-order valence-electron chi connectivity index (χ3n) is 3.86. The fraction of sp³-hybridized carbons (Fsp3) is 0.200. The molecule has 0 saturated heterocycles. The molecular weight excluding hydrogens is 384 g/mol. The minimum Gasteiger partial charge on any atom is -0.274 e. The van der Waals surface area contributed by atoms with Gasteiger partial charge in [-0.3, -0.25) is 9.69 Å². The molecule has 0 radical (unpaired) electrons. The van der Waals surface area contributed by atoms with Gasteiger partial charge in [0.25, 0.3) is 0 Å². The normalized spacial score (nSPS) is 10.7. The summed E-state index contributed by atoms with van der Waals surface area (Å²) >= 11 is 9.32. The number of rotatable bonds is 6. The maximum absolute atomic E-state index is 12.2. The second-order valence-electron chi connectivity index (χ2n) is 5.71. The number of aryl methyl sites for hydroxylation is 1. The lowest BCUT2D eigenvalue weighted by molar-refractivity contribution is -0.115. The summed E-state index contributed by atoms with van der Waals surface area (Å²) in [6, 6.07) is 15.8. The Bertz CT molecular complexity index is 893. The van der Waals surface area contributed by atoms with Crippen molar-refractivity contribution in [3.63, 3.8) is 0 Å². The molecule has 3 rings (SSSR count). The average Bonchev–Trinajstić information content (AvgIpc) is 3.10. The zero-order valence-corrected chi connectivity index (χ0v) is 17.0. The molecule has 134 valence electrons. The molecule has 0 aliphatic rings. The van der Waals surface area contributed by atoms with Crippen molar-refractivity contribution >= 4 is 51.4 Å². The van der Waals surface area contributed by atoms with Crippen molar-refractivity contribution in [3.8, 4) is 0 Å². The second-order valence-corrected chi connectivity index (χ2v) is 7.98. The van der Waals surface area contributed by atoms with Gasteiger partial charge in [0, 0.05) is 23.0 Å². The minimum atomic E-state index is -0.0473. The minimum absolute atomic E-state index is 0.0473. The van der Waals surface area contributed by atoms with E-state index in [0.29, 0.717) is 10.9 Å². The Hall–Kier alpha value is -1.82. The number of carbonyl (C=O) groups excluding carboxylic acids is 1. The molecule has 0 unspecified atom stereocenters. The van der Waals surface area contributed by atoms with Gasteiger partial charge in [-0.25, -0.2) is 4.98 Å². The fourth-order valence-corrected chi connectivity index (χ4v) is 4.61. The largest absolute Gasteiger partial charge is 0.274 e. The Morgan fingerprint density at radius 1 is 1.19 bits per heavy atom. The van der Waals surface area contributed by atoms with Crippen LogP contribution in [0.4, 0.5) is 10.8 Å². The van der Waals surface area contributed by atoms with Crippen LogP contribution in [-0.2, 0) is 17.0 Å². The number of amides is 1. The molecule has 26 heavy (non-hydrogen) atoms. The lowest BCUT2D eigenvalue weighted by atomic mass is 10.1. The van der Waals surface area contributed by atoms with Crippen LogP contribution in [0.5, 0.6) is 0 Å². The van der Waals surface area contributed by atoms with Crippen molar-refractivity contribution in [2.75, 3.05) is 4.90 Å². The third kappa shape index (κ3) is 4.47. The number of carbonyl (C=O) groups is 1. The van der Waals surface area contributed by atoms with Crippen LogP contribution in [0.1, 0.15) is 25.1 Å². The van der Waals surface area contributed by atoms with Crippen molar-refractivity contribution in [3.05, 3.63) is 70.2 Å². The Morgan fingerprint density at radius 3 is 2.58 bits per heavy atom. The van der Waals surface area contributed by atoms with Crippen molar-refractivity contribution < 1.29 is 4.79 Å². The third-order valence-corrected chi connectivity index (χ3v) is 6.28. The Morgan fingerprint density at radius 2 is 1.92 bits per heavy atom. The van der Waals surface area contributed by atoms with E-state index in [1.165, 1.54) is 16.9 Å². The number of nitrogens with zero attached hydrogens (tertiary/aromatic N) is 2. The number of thioether (sulfide) groups is 1. The van der Waals surface area contributed by atoms with Crippen molar-refractivity contribution in [1.29, 1.82) is 0 Å². The summed E-state index contributed by atoms with van der Waals surface area (Å²) < 4.78 is 0. The zero-order valence-electron chi connectivity index (χ0n) is 14.6. The van der Waals surface area contributed by atoms with E-state index in [4.69, 9.17) is 11.6 Å². The van der Waals surface area contributed by atoms with Gasteiger partial charge in [-0.1, -0.05) is 42.8 Å². The quantitative estimate of drug-likeness (QED) is 0.451. The summed E-state index contributed by atoms with van der Waals surface area (Å²) in [5.41, 5.74) is 3.02. The maximum atomic E-state index is 12.2. The summed E-state index contributed by atoms with van der Waals surface area (Å²) in [5.74, 6) is 0.662. The SMILES string of the molecule is CCc1ccc(N(C(C)=O)c2nc(CSc3ccccc3Cl)cs2)cc1. The van der Waals surface area contributed by atoms with Gasteiger partial charge in [0.05, 0.1) is 16.4 Å². The molecule has 1 heterocycles. The highest BCUT2D eigenvalue weighted by atomic mass is 35.5. The molecular formula is C20H19ClN2OS2. The van der Waals surface area contributed by atoms with Crippen LogP contribution in [-0.4, -0.2) is 10.9 Å². The monoisotopic (exact) mass is 402 g/mol.